The van der Waals surface area contributed by atoms with Gasteiger partial charge in [0.05, 0.1) is 33.4 Å². The molecule has 6 nitrogen and oxygen atoms in total. The van der Waals surface area contributed by atoms with Crippen molar-refractivity contribution in [3.8, 4) is 33.4 Å². The zero-order chi connectivity index (χ0) is 30.1. The van der Waals surface area contributed by atoms with Gasteiger partial charge in [-0.3, -0.25) is 0 Å². The molecule has 0 fully saturated rings. The summed E-state index contributed by atoms with van der Waals surface area (Å²) in [4.78, 5) is 52.1. The maximum Gasteiger partial charge on any atom is 0.416 e. The molecule has 4 bridgehead atoms. The summed E-state index contributed by atoms with van der Waals surface area (Å²) in [6, 6.07) is 12.2. The molecule has 2 heterocycles. The van der Waals surface area contributed by atoms with Crippen LogP contribution in [0, 0.1) is 0 Å². The fourth-order valence-corrected chi connectivity index (χ4v) is 4.86. The number of hydrogen-bond donors (Lipinski definition) is 0. The van der Waals surface area contributed by atoms with Crippen LogP contribution in [0.1, 0.15) is 52.6 Å². The van der Waals surface area contributed by atoms with Crippen LogP contribution in [0.2, 0.25) is 0 Å². The third-order valence-electron chi connectivity index (χ3n) is 6.90. The van der Waals surface area contributed by atoms with Crippen LogP contribution in [0.5, 0.6) is 0 Å². The summed E-state index contributed by atoms with van der Waals surface area (Å²) >= 11 is 0. The van der Waals surface area contributed by atoms with Crippen molar-refractivity contribution in [2.75, 3.05) is 0 Å². The molecular weight excluding hydrogens is 570 g/mol. The van der Waals surface area contributed by atoms with Crippen molar-refractivity contribution in [1.82, 2.24) is 0 Å². The molecule has 2 aliphatic heterocycles. The number of ether oxygens (including phenoxy) is 2. The van der Waals surface area contributed by atoms with Crippen molar-refractivity contribution in [1.29, 1.82) is 0 Å². The molecule has 6 rings (SSSR count). The Labute approximate surface area is 231 Å². The van der Waals surface area contributed by atoms with Crippen LogP contribution in [-0.4, -0.2) is 23.9 Å². The number of cyclic esters (lactones) is 2. The largest absolute Gasteiger partial charge is 0.416 e. The number of benzene rings is 4. The minimum Gasteiger partial charge on any atom is -0.386 e. The first-order valence-electron chi connectivity index (χ1n) is 12.0. The van der Waals surface area contributed by atoms with E-state index in [4.69, 9.17) is 9.47 Å². The van der Waals surface area contributed by atoms with E-state index in [0.717, 1.165) is 72.8 Å². The lowest BCUT2D eigenvalue weighted by Crippen LogP contribution is -2.23. The number of esters is 4. The van der Waals surface area contributed by atoms with Gasteiger partial charge in [0.1, 0.15) is 0 Å². The van der Waals surface area contributed by atoms with Crippen molar-refractivity contribution in [3.05, 3.63) is 106 Å². The van der Waals surface area contributed by atoms with Crippen LogP contribution in [0.3, 0.4) is 0 Å². The van der Waals surface area contributed by atoms with Gasteiger partial charge in [0.15, 0.2) is 0 Å². The molecule has 0 saturated carbocycles. The third-order valence-corrected chi connectivity index (χ3v) is 6.90. The van der Waals surface area contributed by atoms with Crippen molar-refractivity contribution in [3.63, 3.8) is 0 Å². The predicted octanol–water partition coefficient (Wildman–Crippen LogP) is 7.35. The highest BCUT2D eigenvalue weighted by atomic mass is 19.4. The average Bonchev–Trinajstić information content (AvgIpc) is 2.96. The molecular formula is C30H12F6O6. The van der Waals surface area contributed by atoms with Crippen LogP contribution in [0.4, 0.5) is 26.3 Å². The summed E-state index contributed by atoms with van der Waals surface area (Å²) in [5, 5.41) is 0. The van der Waals surface area contributed by atoms with Gasteiger partial charge in [-0.15, -0.1) is 0 Å². The number of halogens is 6. The Balaban J connectivity index is 1.71. The molecule has 210 valence electrons. The van der Waals surface area contributed by atoms with Crippen LogP contribution in [0.15, 0.2) is 72.8 Å². The van der Waals surface area contributed by atoms with Crippen LogP contribution >= 0.6 is 0 Å². The Morgan fingerprint density at radius 3 is 0.905 bits per heavy atom. The normalized spacial score (nSPS) is 14.5. The smallest absolute Gasteiger partial charge is 0.386 e. The highest BCUT2D eigenvalue weighted by molar-refractivity contribution is 6.18. The highest BCUT2D eigenvalue weighted by Crippen LogP contribution is 2.44. The van der Waals surface area contributed by atoms with E-state index in [1.807, 2.05) is 0 Å². The molecule has 0 saturated heterocycles. The summed E-state index contributed by atoms with van der Waals surface area (Å²) in [6.45, 7) is 0. The highest BCUT2D eigenvalue weighted by Gasteiger charge is 2.36. The zero-order valence-corrected chi connectivity index (χ0v) is 20.6. The number of hydrogen-bond acceptors (Lipinski definition) is 6. The molecule has 12 heteroatoms. The van der Waals surface area contributed by atoms with Gasteiger partial charge in [0, 0.05) is 0 Å². The molecule has 0 aromatic heterocycles. The summed E-state index contributed by atoms with van der Waals surface area (Å²) in [6.07, 6.45) is -9.30. The van der Waals surface area contributed by atoms with Gasteiger partial charge in [-0.05, 0) is 81.9 Å². The Hall–Kier alpha value is -5.26. The second-order valence-electron chi connectivity index (χ2n) is 9.39. The average molecular weight is 582 g/mol. The topological polar surface area (TPSA) is 86.7 Å². The fourth-order valence-electron chi connectivity index (χ4n) is 4.86. The lowest BCUT2D eigenvalue weighted by molar-refractivity contribution is -0.138. The first-order valence-corrected chi connectivity index (χ1v) is 12.0. The van der Waals surface area contributed by atoms with Gasteiger partial charge in [-0.1, -0.05) is 24.3 Å². The third kappa shape index (κ3) is 4.41. The number of rotatable bonds is 2. The van der Waals surface area contributed by atoms with Crippen LogP contribution in [0.25, 0.3) is 33.4 Å². The molecule has 0 N–H and O–H groups in total. The summed E-state index contributed by atoms with van der Waals surface area (Å²) in [7, 11) is 0. The number of alkyl halides is 6. The van der Waals surface area contributed by atoms with Gasteiger partial charge in [0.2, 0.25) is 0 Å². The lowest BCUT2D eigenvalue weighted by Gasteiger charge is -2.17. The molecule has 0 aliphatic carbocycles. The van der Waals surface area contributed by atoms with E-state index in [1.165, 1.54) is 0 Å². The van der Waals surface area contributed by atoms with Gasteiger partial charge in [-0.25, -0.2) is 19.2 Å². The molecule has 4 aromatic carbocycles. The number of carbonyl (C=O) groups excluding carboxylic acids is 4. The van der Waals surface area contributed by atoms with Crippen molar-refractivity contribution >= 4 is 23.9 Å². The molecule has 0 atom stereocenters. The predicted molar refractivity (Wildman–Crippen MR) is 132 cm³/mol. The standard InChI is InChI=1S/C30H12F6O6/c31-29(32,33)15-5-1-13(2-6-15)17-9-21-23-11-19(17)20-12-24(28(40)42-27(23)39)22(26(38)41-25(21)37)10-18(20)14-3-7-16(8-4-14)30(34,35)36/h1-12H. The van der Waals surface area contributed by atoms with E-state index in [-0.39, 0.29) is 33.4 Å². The lowest BCUT2D eigenvalue weighted by atomic mass is 9.85. The van der Waals surface area contributed by atoms with Crippen molar-refractivity contribution in [2.45, 2.75) is 12.4 Å². The zero-order valence-electron chi connectivity index (χ0n) is 20.6. The van der Waals surface area contributed by atoms with E-state index < -0.39 is 69.6 Å². The summed E-state index contributed by atoms with van der Waals surface area (Å²) < 4.78 is 89.4. The van der Waals surface area contributed by atoms with Gasteiger partial charge >= 0.3 is 36.2 Å². The molecule has 2 aliphatic rings. The molecule has 0 unspecified atom stereocenters. The molecule has 0 amide bonds. The van der Waals surface area contributed by atoms with Crippen LogP contribution in [-0.2, 0) is 21.8 Å². The Kier molecular flexibility index (Phi) is 5.85. The van der Waals surface area contributed by atoms with Crippen molar-refractivity contribution in [2.24, 2.45) is 0 Å². The Morgan fingerprint density at radius 2 is 0.643 bits per heavy atom. The number of carbonyl (C=O) groups is 4. The van der Waals surface area contributed by atoms with E-state index in [0.29, 0.717) is 0 Å². The fraction of sp³-hybridized carbons (Fsp3) is 0.0667. The van der Waals surface area contributed by atoms with E-state index in [1.54, 1.807) is 0 Å². The van der Waals surface area contributed by atoms with Gasteiger partial charge < -0.3 is 9.47 Å². The summed E-state index contributed by atoms with van der Waals surface area (Å²) in [5.74, 6) is -5.11. The molecule has 0 radical (unpaired) electrons. The molecule has 42 heavy (non-hydrogen) atoms. The van der Waals surface area contributed by atoms with E-state index in [2.05, 4.69) is 0 Å². The van der Waals surface area contributed by atoms with E-state index >= 15 is 0 Å². The minimum absolute atomic E-state index is 0.0998. The van der Waals surface area contributed by atoms with E-state index in [9.17, 15) is 45.5 Å². The van der Waals surface area contributed by atoms with Crippen molar-refractivity contribution < 1.29 is 55.0 Å². The number of fused-ring (bicyclic) bond motifs is 5. The first kappa shape index (κ1) is 26.9. The maximum absolute atomic E-state index is 13.3. The second kappa shape index (κ2) is 9.13. The minimum atomic E-state index is -4.65. The molecule has 0 spiro atoms. The van der Waals surface area contributed by atoms with Crippen LogP contribution < -0.4 is 0 Å². The Morgan fingerprint density at radius 1 is 0.381 bits per heavy atom. The summed E-state index contributed by atoms with van der Waals surface area (Å²) in [5.41, 5.74) is -3.15. The Bertz CT molecular complexity index is 1720. The SMILES string of the molecule is O=C1OC(=O)c2cc(-c3ccc(C(F)(F)F)cc3)c3cc2C(=O)OC(=O)c2cc-3c(-c3ccc(C(F)(F)F)cc3)cc21. The van der Waals surface area contributed by atoms with Gasteiger partial charge in [0.25, 0.3) is 0 Å². The maximum atomic E-state index is 13.3. The second-order valence-corrected chi connectivity index (χ2v) is 9.39. The quantitative estimate of drug-likeness (QED) is 0.140. The van der Waals surface area contributed by atoms with Gasteiger partial charge in [-0.2, -0.15) is 26.3 Å². The first-order chi connectivity index (χ1) is 19.7. The monoisotopic (exact) mass is 582 g/mol. The molecule has 4 aromatic rings.